The topological polar surface area (TPSA) is 71.4 Å². The lowest BCUT2D eigenvalue weighted by atomic mass is 9.82. The van der Waals surface area contributed by atoms with Crippen LogP contribution in [0.4, 0.5) is 0 Å². The summed E-state index contributed by atoms with van der Waals surface area (Å²) in [5, 5.41) is 2.93. The maximum Gasteiger partial charge on any atom is 0.252 e. The van der Waals surface area contributed by atoms with E-state index in [2.05, 4.69) is 5.32 Å². The van der Waals surface area contributed by atoms with Gasteiger partial charge in [0.25, 0.3) is 11.5 Å². The maximum atomic E-state index is 12.9. The van der Waals surface area contributed by atoms with E-state index >= 15 is 0 Å². The standard InChI is InChI=1S/C23H27N3O3/c1-14(2)24-23(29)20-7-5-4-6-19(20)17-9-21-18-8-16(11-25(13-18)15(3)27)12-26(21)22(28)10-17/h4-7,9-10,14,16,18H,8,11-13H2,1-3H3,(H,24,29)/t16-,18+/m0/s1. The second kappa shape index (κ2) is 7.50. The molecule has 2 aliphatic heterocycles. The Labute approximate surface area is 170 Å². The minimum Gasteiger partial charge on any atom is -0.350 e. The fourth-order valence-corrected chi connectivity index (χ4v) is 4.64. The number of hydrogen-bond acceptors (Lipinski definition) is 3. The first-order chi connectivity index (χ1) is 13.8. The van der Waals surface area contributed by atoms with E-state index in [1.165, 1.54) is 0 Å². The molecular weight excluding hydrogens is 366 g/mol. The fraction of sp³-hybridized carbons (Fsp3) is 0.435. The number of fused-ring (bicyclic) bond motifs is 4. The zero-order chi connectivity index (χ0) is 20.7. The van der Waals surface area contributed by atoms with Gasteiger partial charge in [0.05, 0.1) is 0 Å². The van der Waals surface area contributed by atoms with Gasteiger partial charge in [-0.25, -0.2) is 0 Å². The van der Waals surface area contributed by atoms with Crippen molar-refractivity contribution in [1.29, 1.82) is 0 Å². The number of hydrogen-bond donors (Lipinski definition) is 1. The van der Waals surface area contributed by atoms with Gasteiger partial charge in [-0.1, -0.05) is 18.2 Å². The van der Waals surface area contributed by atoms with E-state index in [1.54, 1.807) is 19.1 Å². The van der Waals surface area contributed by atoms with Gasteiger partial charge in [-0.2, -0.15) is 0 Å². The van der Waals surface area contributed by atoms with Crippen molar-refractivity contribution in [1.82, 2.24) is 14.8 Å². The highest BCUT2D eigenvalue weighted by atomic mass is 16.2. The Bertz CT molecular complexity index is 1020. The van der Waals surface area contributed by atoms with Crippen LogP contribution in [-0.4, -0.2) is 40.4 Å². The molecule has 0 spiro atoms. The summed E-state index contributed by atoms with van der Waals surface area (Å²) in [4.78, 5) is 39.4. The summed E-state index contributed by atoms with van der Waals surface area (Å²) in [5.41, 5.74) is 3.01. The number of amides is 2. The number of rotatable bonds is 3. The number of aromatic nitrogens is 1. The van der Waals surface area contributed by atoms with Crippen molar-refractivity contribution in [2.75, 3.05) is 13.1 Å². The second-order valence-electron chi connectivity index (χ2n) is 8.51. The van der Waals surface area contributed by atoms with Gasteiger partial charge in [0.15, 0.2) is 0 Å². The van der Waals surface area contributed by atoms with Gasteiger partial charge < -0.3 is 14.8 Å². The number of carbonyl (C=O) groups excluding carboxylic acids is 2. The van der Waals surface area contributed by atoms with Crippen LogP contribution in [0, 0.1) is 5.92 Å². The molecule has 152 valence electrons. The van der Waals surface area contributed by atoms with Gasteiger partial charge in [-0.05, 0) is 49.4 Å². The molecule has 0 unspecified atom stereocenters. The number of benzene rings is 1. The molecule has 1 aromatic heterocycles. The molecule has 1 saturated heterocycles. The van der Waals surface area contributed by atoms with Crippen molar-refractivity contribution >= 4 is 11.8 Å². The Morgan fingerprint density at radius 3 is 2.59 bits per heavy atom. The molecule has 2 amide bonds. The first-order valence-electron chi connectivity index (χ1n) is 10.2. The monoisotopic (exact) mass is 393 g/mol. The van der Waals surface area contributed by atoms with Crippen molar-refractivity contribution in [3.8, 4) is 11.1 Å². The van der Waals surface area contributed by atoms with Gasteiger partial charge >= 0.3 is 0 Å². The van der Waals surface area contributed by atoms with Crippen LogP contribution in [0.1, 0.15) is 49.2 Å². The van der Waals surface area contributed by atoms with Gasteiger partial charge in [0.1, 0.15) is 0 Å². The summed E-state index contributed by atoms with van der Waals surface area (Å²) < 4.78 is 1.86. The third kappa shape index (κ3) is 3.71. The van der Waals surface area contributed by atoms with E-state index in [9.17, 15) is 14.4 Å². The summed E-state index contributed by atoms with van der Waals surface area (Å²) in [6, 6.07) is 11.1. The van der Waals surface area contributed by atoms with E-state index in [0.717, 1.165) is 29.8 Å². The van der Waals surface area contributed by atoms with Crippen molar-refractivity contribution in [3.63, 3.8) is 0 Å². The normalized spacial score (nSPS) is 20.3. The zero-order valence-corrected chi connectivity index (χ0v) is 17.1. The third-order valence-electron chi connectivity index (χ3n) is 5.90. The molecule has 1 aromatic carbocycles. The quantitative estimate of drug-likeness (QED) is 0.871. The fourth-order valence-electron chi connectivity index (χ4n) is 4.64. The molecule has 0 aliphatic carbocycles. The minimum atomic E-state index is -0.145. The highest BCUT2D eigenvalue weighted by Crippen LogP contribution is 2.37. The van der Waals surface area contributed by atoms with Crippen LogP contribution < -0.4 is 10.9 Å². The predicted molar refractivity (Wildman–Crippen MR) is 112 cm³/mol. The average Bonchev–Trinajstić information content (AvgIpc) is 2.68. The third-order valence-corrected chi connectivity index (χ3v) is 5.90. The van der Waals surface area contributed by atoms with Crippen LogP contribution in [0.5, 0.6) is 0 Å². The van der Waals surface area contributed by atoms with Crippen LogP contribution in [0.25, 0.3) is 11.1 Å². The Balaban J connectivity index is 1.77. The van der Waals surface area contributed by atoms with Gasteiger partial charge in [0.2, 0.25) is 5.91 Å². The molecule has 6 heteroatoms. The van der Waals surface area contributed by atoms with Crippen LogP contribution in [-0.2, 0) is 11.3 Å². The van der Waals surface area contributed by atoms with Crippen LogP contribution >= 0.6 is 0 Å². The molecule has 0 radical (unpaired) electrons. The number of nitrogens with zero attached hydrogens (tertiary/aromatic N) is 2. The van der Waals surface area contributed by atoms with Crippen molar-refractivity contribution in [3.05, 3.63) is 58.0 Å². The Morgan fingerprint density at radius 2 is 1.86 bits per heavy atom. The summed E-state index contributed by atoms with van der Waals surface area (Å²) in [7, 11) is 0. The molecule has 29 heavy (non-hydrogen) atoms. The molecule has 6 nitrogen and oxygen atoms in total. The number of carbonyl (C=O) groups is 2. The average molecular weight is 393 g/mol. The maximum absolute atomic E-state index is 12.9. The largest absolute Gasteiger partial charge is 0.350 e. The smallest absolute Gasteiger partial charge is 0.252 e. The lowest BCUT2D eigenvalue weighted by Gasteiger charge is -2.42. The van der Waals surface area contributed by atoms with Gasteiger partial charge in [-0.3, -0.25) is 14.4 Å². The molecule has 4 rings (SSSR count). The first-order valence-corrected chi connectivity index (χ1v) is 10.2. The lowest BCUT2D eigenvalue weighted by Crippen LogP contribution is -2.48. The molecule has 3 heterocycles. The van der Waals surface area contributed by atoms with E-state index < -0.39 is 0 Å². The second-order valence-corrected chi connectivity index (χ2v) is 8.51. The molecule has 2 bridgehead atoms. The molecule has 1 fully saturated rings. The van der Waals surface area contributed by atoms with E-state index in [1.807, 2.05) is 47.6 Å². The van der Waals surface area contributed by atoms with Crippen molar-refractivity contribution in [2.24, 2.45) is 5.92 Å². The van der Waals surface area contributed by atoms with Crippen molar-refractivity contribution < 1.29 is 9.59 Å². The Morgan fingerprint density at radius 1 is 1.10 bits per heavy atom. The van der Waals surface area contributed by atoms with E-state index in [0.29, 0.717) is 24.6 Å². The number of piperidine rings is 1. The van der Waals surface area contributed by atoms with E-state index in [4.69, 9.17) is 0 Å². The Hall–Kier alpha value is -2.89. The number of nitrogens with one attached hydrogen (secondary N) is 1. The highest BCUT2D eigenvalue weighted by Gasteiger charge is 2.35. The molecule has 2 aromatic rings. The molecular formula is C23H27N3O3. The van der Waals surface area contributed by atoms with Crippen LogP contribution in [0.3, 0.4) is 0 Å². The van der Waals surface area contributed by atoms with Gasteiger partial charge in [-0.15, -0.1) is 0 Å². The summed E-state index contributed by atoms with van der Waals surface area (Å²) in [6.45, 7) is 7.46. The van der Waals surface area contributed by atoms with Crippen LogP contribution in [0.2, 0.25) is 0 Å². The molecule has 0 saturated carbocycles. The lowest BCUT2D eigenvalue weighted by molar-refractivity contribution is -0.131. The molecule has 2 atom stereocenters. The predicted octanol–water partition coefficient (Wildman–Crippen LogP) is 2.62. The van der Waals surface area contributed by atoms with Crippen molar-refractivity contribution in [2.45, 2.75) is 45.7 Å². The summed E-state index contributed by atoms with van der Waals surface area (Å²) >= 11 is 0. The SMILES string of the molecule is CC(=O)N1C[C@@H]2C[C@H](C1)c1cc(-c3ccccc3C(=O)NC(C)C)cc(=O)n1C2. The highest BCUT2D eigenvalue weighted by molar-refractivity contribution is 6.01. The minimum absolute atomic E-state index is 0.0291. The summed E-state index contributed by atoms with van der Waals surface area (Å²) in [6.07, 6.45) is 0.988. The van der Waals surface area contributed by atoms with Gasteiger partial charge in [0, 0.05) is 55.8 Å². The molecule has 1 N–H and O–H groups in total. The first kappa shape index (κ1) is 19.4. The zero-order valence-electron chi connectivity index (χ0n) is 17.1. The molecule has 2 aliphatic rings. The summed E-state index contributed by atoms with van der Waals surface area (Å²) in [5.74, 6) is 0.407. The van der Waals surface area contributed by atoms with E-state index in [-0.39, 0.29) is 29.3 Å². The Kier molecular flexibility index (Phi) is 5.03. The number of likely N-dealkylation sites (tertiary alicyclic amines) is 1. The number of pyridine rings is 1. The van der Waals surface area contributed by atoms with Crippen LogP contribution in [0.15, 0.2) is 41.2 Å².